The Kier molecular flexibility index (Phi) is 4.72. The number of hydrogen-bond donors (Lipinski definition) is 2. The monoisotopic (exact) mass is 281 g/mol. The van der Waals surface area contributed by atoms with E-state index >= 15 is 0 Å². The molecule has 0 fully saturated rings. The fourth-order valence-corrected chi connectivity index (χ4v) is 2.08. The summed E-state index contributed by atoms with van der Waals surface area (Å²) in [6.45, 7) is 7.35. The molecule has 2 N–H and O–H groups in total. The molecular formula is C16H19N5. The zero-order valence-electron chi connectivity index (χ0n) is 12.6. The first-order chi connectivity index (χ1) is 10.1. The molecule has 0 spiro atoms. The predicted octanol–water partition coefficient (Wildman–Crippen LogP) is 3.01. The molecule has 0 aliphatic carbocycles. The summed E-state index contributed by atoms with van der Waals surface area (Å²) in [4.78, 5) is 8.85. The molecule has 0 atom stereocenters. The van der Waals surface area contributed by atoms with Gasteiger partial charge in [0.25, 0.3) is 0 Å². The van der Waals surface area contributed by atoms with Crippen LogP contribution in [-0.4, -0.2) is 16.5 Å². The van der Waals surface area contributed by atoms with Crippen LogP contribution in [0.15, 0.2) is 24.3 Å². The third-order valence-corrected chi connectivity index (χ3v) is 3.12. The quantitative estimate of drug-likeness (QED) is 0.881. The second-order valence-electron chi connectivity index (χ2n) is 4.79. The molecule has 0 amide bonds. The standard InChI is InChI=1S/C16H19N5/c1-4-18-15-11(2)16(21-12(3)20-15)19-10-14-7-5-6-13(8-14)9-17/h5-8H,4,10H2,1-3H3,(H2,18,19,20,21). The van der Waals surface area contributed by atoms with Gasteiger partial charge in [0.15, 0.2) is 0 Å². The minimum atomic E-state index is 0.623. The van der Waals surface area contributed by atoms with E-state index in [2.05, 4.69) is 26.7 Å². The average Bonchev–Trinajstić information content (AvgIpc) is 2.49. The molecule has 1 aromatic heterocycles. The molecule has 0 radical (unpaired) electrons. The number of nitrogens with one attached hydrogen (secondary N) is 2. The third kappa shape index (κ3) is 3.69. The zero-order valence-corrected chi connectivity index (χ0v) is 12.6. The van der Waals surface area contributed by atoms with Gasteiger partial charge in [0.2, 0.25) is 0 Å². The average molecular weight is 281 g/mol. The van der Waals surface area contributed by atoms with Crippen molar-refractivity contribution in [3.8, 4) is 6.07 Å². The Morgan fingerprint density at radius 1 is 1.14 bits per heavy atom. The highest BCUT2D eigenvalue weighted by Gasteiger charge is 2.08. The Morgan fingerprint density at radius 3 is 2.52 bits per heavy atom. The Balaban J connectivity index is 2.18. The van der Waals surface area contributed by atoms with E-state index in [0.717, 1.165) is 35.1 Å². The van der Waals surface area contributed by atoms with Crippen molar-refractivity contribution in [2.45, 2.75) is 27.3 Å². The summed E-state index contributed by atoms with van der Waals surface area (Å²) in [7, 11) is 0. The van der Waals surface area contributed by atoms with Gasteiger partial charge in [-0.25, -0.2) is 9.97 Å². The van der Waals surface area contributed by atoms with Crippen molar-refractivity contribution in [1.82, 2.24) is 9.97 Å². The van der Waals surface area contributed by atoms with Crippen molar-refractivity contribution in [1.29, 1.82) is 5.26 Å². The van der Waals surface area contributed by atoms with E-state index in [4.69, 9.17) is 5.26 Å². The van der Waals surface area contributed by atoms with Gasteiger partial charge in [-0.15, -0.1) is 0 Å². The molecule has 2 aromatic rings. The van der Waals surface area contributed by atoms with Gasteiger partial charge in [0.05, 0.1) is 11.6 Å². The van der Waals surface area contributed by atoms with Crippen LogP contribution in [0.1, 0.15) is 29.4 Å². The summed E-state index contributed by atoms with van der Waals surface area (Å²) >= 11 is 0. The summed E-state index contributed by atoms with van der Waals surface area (Å²) < 4.78 is 0. The first kappa shape index (κ1) is 14.8. The smallest absolute Gasteiger partial charge is 0.135 e. The number of aryl methyl sites for hydroxylation is 1. The van der Waals surface area contributed by atoms with Crippen molar-refractivity contribution < 1.29 is 0 Å². The summed E-state index contributed by atoms with van der Waals surface area (Å²) in [5, 5.41) is 15.5. The molecule has 0 bridgehead atoms. The van der Waals surface area contributed by atoms with Gasteiger partial charge < -0.3 is 10.6 Å². The van der Waals surface area contributed by atoms with Crippen LogP contribution in [0.3, 0.4) is 0 Å². The van der Waals surface area contributed by atoms with E-state index in [9.17, 15) is 0 Å². The van der Waals surface area contributed by atoms with Crippen molar-refractivity contribution in [3.63, 3.8) is 0 Å². The number of benzene rings is 1. The van der Waals surface area contributed by atoms with Crippen LogP contribution in [0.5, 0.6) is 0 Å². The van der Waals surface area contributed by atoms with Crippen LogP contribution in [0.2, 0.25) is 0 Å². The molecule has 1 aromatic carbocycles. The van der Waals surface area contributed by atoms with Crippen molar-refractivity contribution in [3.05, 3.63) is 46.8 Å². The molecule has 5 heteroatoms. The number of hydrogen-bond acceptors (Lipinski definition) is 5. The maximum absolute atomic E-state index is 8.92. The first-order valence-corrected chi connectivity index (χ1v) is 6.96. The van der Waals surface area contributed by atoms with Crippen molar-refractivity contribution in [2.24, 2.45) is 0 Å². The van der Waals surface area contributed by atoms with Gasteiger partial charge in [0, 0.05) is 18.7 Å². The molecule has 0 saturated heterocycles. The van der Waals surface area contributed by atoms with E-state index < -0.39 is 0 Å². The van der Waals surface area contributed by atoms with Crippen LogP contribution < -0.4 is 10.6 Å². The van der Waals surface area contributed by atoms with E-state index in [1.165, 1.54) is 0 Å². The van der Waals surface area contributed by atoms with Crippen molar-refractivity contribution in [2.75, 3.05) is 17.2 Å². The summed E-state index contributed by atoms with van der Waals surface area (Å²) in [6.07, 6.45) is 0. The predicted molar refractivity (Wildman–Crippen MR) is 84.2 cm³/mol. The van der Waals surface area contributed by atoms with Gasteiger partial charge in [-0.2, -0.15) is 5.26 Å². The Morgan fingerprint density at radius 2 is 1.86 bits per heavy atom. The first-order valence-electron chi connectivity index (χ1n) is 6.96. The molecule has 0 aliphatic heterocycles. The SMILES string of the molecule is CCNc1nc(C)nc(NCc2cccc(C#N)c2)c1C. The molecular weight excluding hydrogens is 262 g/mol. The largest absolute Gasteiger partial charge is 0.370 e. The Hall–Kier alpha value is -2.61. The molecule has 1 heterocycles. The summed E-state index contributed by atoms with van der Waals surface area (Å²) in [5.74, 6) is 2.41. The number of aromatic nitrogens is 2. The molecule has 0 saturated carbocycles. The van der Waals surface area contributed by atoms with E-state index in [-0.39, 0.29) is 0 Å². The number of nitriles is 1. The van der Waals surface area contributed by atoms with Crippen LogP contribution in [-0.2, 0) is 6.54 Å². The normalized spacial score (nSPS) is 10.0. The second-order valence-corrected chi connectivity index (χ2v) is 4.79. The fourth-order valence-electron chi connectivity index (χ4n) is 2.08. The maximum Gasteiger partial charge on any atom is 0.135 e. The Bertz CT molecular complexity index is 673. The minimum absolute atomic E-state index is 0.623. The van der Waals surface area contributed by atoms with Crippen LogP contribution in [0.4, 0.5) is 11.6 Å². The molecule has 21 heavy (non-hydrogen) atoms. The second kappa shape index (κ2) is 6.71. The van der Waals surface area contributed by atoms with Gasteiger partial charge in [-0.3, -0.25) is 0 Å². The minimum Gasteiger partial charge on any atom is -0.370 e. The highest BCUT2D eigenvalue weighted by Crippen LogP contribution is 2.20. The molecule has 2 rings (SSSR count). The lowest BCUT2D eigenvalue weighted by Gasteiger charge is -2.13. The fraction of sp³-hybridized carbons (Fsp3) is 0.312. The maximum atomic E-state index is 8.92. The lowest BCUT2D eigenvalue weighted by Crippen LogP contribution is -2.10. The van der Waals surface area contributed by atoms with Gasteiger partial charge >= 0.3 is 0 Å². The molecule has 108 valence electrons. The third-order valence-electron chi connectivity index (χ3n) is 3.12. The molecule has 0 unspecified atom stereocenters. The Labute approximate surface area is 125 Å². The van der Waals surface area contributed by atoms with Gasteiger partial charge in [-0.1, -0.05) is 12.1 Å². The lowest BCUT2D eigenvalue weighted by atomic mass is 10.1. The van der Waals surface area contributed by atoms with Gasteiger partial charge in [-0.05, 0) is 38.5 Å². The highest BCUT2D eigenvalue weighted by atomic mass is 15.1. The van der Waals surface area contributed by atoms with Crippen molar-refractivity contribution >= 4 is 11.6 Å². The summed E-state index contributed by atoms with van der Waals surface area (Å²) in [5.41, 5.74) is 2.71. The molecule has 5 nitrogen and oxygen atoms in total. The number of anilines is 2. The topological polar surface area (TPSA) is 73.6 Å². The highest BCUT2D eigenvalue weighted by molar-refractivity contribution is 5.57. The van der Waals surface area contributed by atoms with E-state index in [1.807, 2.05) is 39.0 Å². The summed E-state index contributed by atoms with van der Waals surface area (Å²) in [6, 6.07) is 9.70. The molecule has 0 aliphatic rings. The zero-order chi connectivity index (χ0) is 15.2. The number of rotatable bonds is 5. The van der Waals surface area contributed by atoms with E-state index in [0.29, 0.717) is 12.1 Å². The van der Waals surface area contributed by atoms with Crippen LogP contribution >= 0.6 is 0 Å². The lowest BCUT2D eigenvalue weighted by molar-refractivity contribution is 0.992. The van der Waals surface area contributed by atoms with Crippen LogP contribution in [0.25, 0.3) is 0 Å². The van der Waals surface area contributed by atoms with Gasteiger partial charge in [0.1, 0.15) is 17.5 Å². The number of nitrogens with zero attached hydrogens (tertiary/aromatic N) is 3. The van der Waals surface area contributed by atoms with E-state index in [1.54, 1.807) is 6.07 Å². The van der Waals surface area contributed by atoms with Crippen LogP contribution in [0, 0.1) is 25.2 Å².